The van der Waals surface area contributed by atoms with Gasteiger partial charge in [0.1, 0.15) is 5.75 Å². The van der Waals surface area contributed by atoms with E-state index in [2.05, 4.69) is 10.2 Å². The zero-order valence-electron chi connectivity index (χ0n) is 8.67. The minimum atomic E-state index is -0.0381. The summed E-state index contributed by atoms with van der Waals surface area (Å²) in [6.07, 6.45) is 0. The summed E-state index contributed by atoms with van der Waals surface area (Å²) in [7, 11) is 0. The van der Waals surface area contributed by atoms with E-state index in [1.165, 1.54) is 0 Å². The van der Waals surface area contributed by atoms with E-state index in [0.29, 0.717) is 12.5 Å². The first-order valence-electron chi connectivity index (χ1n) is 4.80. The van der Waals surface area contributed by atoms with E-state index in [4.69, 9.17) is 14.4 Å². The zero-order chi connectivity index (χ0) is 11.4. The smallest absolute Gasteiger partial charge is 0.321 e. The molecular weight excluding hydrogens is 206 g/mol. The topological polar surface area (TPSA) is 71.9 Å². The van der Waals surface area contributed by atoms with Gasteiger partial charge in [-0.3, -0.25) is 0 Å². The Morgan fingerprint density at radius 3 is 2.62 bits per heavy atom. The van der Waals surface area contributed by atoms with Gasteiger partial charge in [-0.25, -0.2) is 0 Å². The van der Waals surface area contributed by atoms with Gasteiger partial charge in [0.25, 0.3) is 0 Å². The minimum absolute atomic E-state index is 0.0381. The molecular formula is C11H9N3O2. The Kier molecular flexibility index (Phi) is 2.83. The fourth-order valence-corrected chi connectivity index (χ4v) is 1.25. The van der Waals surface area contributed by atoms with E-state index in [1.807, 2.05) is 19.1 Å². The van der Waals surface area contributed by atoms with Gasteiger partial charge in [-0.05, 0) is 31.2 Å². The van der Waals surface area contributed by atoms with Crippen LogP contribution in [-0.2, 0) is 0 Å². The molecule has 1 aromatic heterocycles. The van der Waals surface area contributed by atoms with Crippen LogP contribution in [0, 0.1) is 11.3 Å². The SMILES string of the molecule is CCOc1ccc(-c2nnc(C#N)o2)cc1. The second-order valence-corrected chi connectivity index (χ2v) is 2.98. The number of hydrogen-bond donors (Lipinski definition) is 0. The number of rotatable bonds is 3. The summed E-state index contributed by atoms with van der Waals surface area (Å²) in [5.74, 6) is 1.08. The van der Waals surface area contributed by atoms with E-state index in [9.17, 15) is 0 Å². The van der Waals surface area contributed by atoms with Crippen molar-refractivity contribution in [1.29, 1.82) is 5.26 Å². The molecule has 0 N–H and O–H groups in total. The van der Waals surface area contributed by atoms with Crippen LogP contribution in [-0.4, -0.2) is 16.8 Å². The van der Waals surface area contributed by atoms with E-state index in [0.717, 1.165) is 11.3 Å². The Balaban J connectivity index is 2.24. The van der Waals surface area contributed by atoms with Crippen LogP contribution in [0.15, 0.2) is 28.7 Å². The standard InChI is InChI=1S/C11H9N3O2/c1-2-15-9-5-3-8(4-6-9)11-14-13-10(7-12)16-11/h3-6H,2H2,1H3. The lowest BCUT2D eigenvalue weighted by Gasteiger charge is -2.02. The number of ether oxygens (including phenoxy) is 1. The Bertz CT molecular complexity index is 511. The molecule has 2 rings (SSSR count). The van der Waals surface area contributed by atoms with Crippen molar-refractivity contribution in [3.05, 3.63) is 30.2 Å². The van der Waals surface area contributed by atoms with E-state index < -0.39 is 0 Å². The molecule has 2 aromatic rings. The molecule has 16 heavy (non-hydrogen) atoms. The van der Waals surface area contributed by atoms with Crippen LogP contribution in [0.2, 0.25) is 0 Å². The predicted octanol–water partition coefficient (Wildman–Crippen LogP) is 2.01. The molecule has 5 nitrogen and oxygen atoms in total. The molecule has 0 aliphatic rings. The molecule has 1 aromatic carbocycles. The molecule has 0 atom stereocenters. The van der Waals surface area contributed by atoms with Crippen LogP contribution in [0.5, 0.6) is 5.75 Å². The maximum atomic E-state index is 8.55. The van der Waals surface area contributed by atoms with Gasteiger partial charge in [-0.1, -0.05) is 5.10 Å². The first-order chi connectivity index (χ1) is 7.83. The number of aromatic nitrogens is 2. The maximum absolute atomic E-state index is 8.55. The fraction of sp³-hybridized carbons (Fsp3) is 0.182. The molecule has 0 amide bonds. The number of benzene rings is 1. The normalized spacial score (nSPS) is 9.75. The minimum Gasteiger partial charge on any atom is -0.494 e. The second kappa shape index (κ2) is 4.45. The van der Waals surface area contributed by atoms with Crippen molar-refractivity contribution < 1.29 is 9.15 Å². The van der Waals surface area contributed by atoms with Crippen molar-refractivity contribution >= 4 is 0 Å². The maximum Gasteiger partial charge on any atom is 0.321 e. The highest BCUT2D eigenvalue weighted by Crippen LogP contribution is 2.20. The Hall–Kier alpha value is -2.35. The van der Waals surface area contributed by atoms with Gasteiger partial charge in [0.2, 0.25) is 5.89 Å². The average molecular weight is 215 g/mol. The predicted molar refractivity (Wildman–Crippen MR) is 55.6 cm³/mol. The van der Waals surface area contributed by atoms with Crippen LogP contribution in [0.3, 0.4) is 0 Å². The van der Waals surface area contributed by atoms with Gasteiger partial charge >= 0.3 is 5.89 Å². The Morgan fingerprint density at radius 1 is 1.31 bits per heavy atom. The number of hydrogen-bond acceptors (Lipinski definition) is 5. The molecule has 0 fully saturated rings. The molecule has 1 heterocycles. The van der Waals surface area contributed by atoms with E-state index >= 15 is 0 Å². The van der Waals surface area contributed by atoms with Crippen molar-refractivity contribution in [3.8, 4) is 23.3 Å². The molecule has 0 saturated carbocycles. The molecule has 0 spiro atoms. The highest BCUT2D eigenvalue weighted by atomic mass is 16.5. The lowest BCUT2D eigenvalue weighted by molar-refractivity contribution is 0.340. The van der Waals surface area contributed by atoms with Crippen molar-refractivity contribution in [1.82, 2.24) is 10.2 Å². The molecule has 80 valence electrons. The molecule has 0 saturated heterocycles. The molecule has 0 radical (unpaired) electrons. The monoisotopic (exact) mass is 215 g/mol. The van der Waals surface area contributed by atoms with Gasteiger partial charge in [-0.15, -0.1) is 5.10 Å². The molecule has 0 aliphatic carbocycles. The summed E-state index contributed by atoms with van der Waals surface area (Å²) in [6.45, 7) is 2.55. The van der Waals surface area contributed by atoms with Gasteiger partial charge in [0.05, 0.1) is 6.61 Å². The van der Waals surface area contributed by atoms with Crippen LogP contribution >= 0.6 is 0 Å². The van der Waals surface area contributed by atoms with Gasteiger partial charge in [-0.2, -0.15) is 5.26 Å². The first-order valence-corrected chi connectivity index (χ1v) is 4.80. The highest BCUT2D eigenvalue weighted by molar-refractivity contribution is 5.54. The third-order valence-corrected chi connectivity index (χ3v) is 1.93. The second-order valence-electron chi connectivity index (χ2n) is 2.98. The van der Waals surface area contributed by atoms with Gasteiger partial charge < -0.3 is 9.15 Å². The van der Waals surface area contributed by atoms with E-state index in [1.54, 1.807) is 18.2 Å². The van der Waals surface area contributed by atoms with Gasteiger partial charge in [0, 0.05) is 5.56 Å². The molecule has 0 bridgehead atoms. The fourth-order valence-electron chi connectivity index (χ4n) is 1.25. The Labute approximate surface area is 92.3 Å². The van der Waals surface area contributed by atoms with Crippen LogP contribution in [0.1, 0.15) is 12.8 Å². The zero-order valence-corrected chi connectivity index (χ0v) is 8.67. The largest absolute Gasteiger partial charge is 0.494 e. The van der Waals surface area contributed by atoms with Gasteiger partial charge in [0.15, 0.2) is 6.07 Å². The summed E-state index contributed by atoms with van der Waals surface area (Å²) in [4.78, 5) is 0. The summed E-state index contributed by atoms with van der Waals surface area (Å²) >= 11 is 0. The first kappa shape index (κ1) is 10.2. The average Bonchev–Trinajstić information content (AvgIpc) is 2.79. The van der Waals surface area contributed by atoms with E-state index in [-0.39, 0.29) is 5.89 Å². The summed E-state index contributed by atoms with van der Waals surface area (Å²) in [5, 5.41) is 15.9. The van der Waals surface area contributed by atoms with Crippen LogP contribution in [0.25, 0.3) is 11.5 Å². The summed E-state index contributed by atoms with van der Waals surface area (Å²) in [5.41, 5.74) is 0.762. The summed E-state index contributed by atoms with van der Waals surface area (Å²) in [6, 6.07) is 9.02. The van der Waals surface area contributed by atoms with Crippen molar-refractivity contribution in [2.24, 2.45) is 0 Å². The van der Waals surface area contributed by atoms with Crippen molar-refractivity contribution in [2.45, 2.75) is 6.92 Å². The third kappa shape index (κ3) is 2.01. The quantitative estimate of drug-likeness (QED) is 0.783. The molecule has 5 heteroatoms. The number of nitriles is 1. The third-order valence-electron chi connectivity index (χ3n) is 1.93. The molecule has 0 aliphatic heterocycles. The summed E-state index contributed by atoms with van der Waals surface area (Å²) < 4.78 is 10.4. The van der Waals surface area contributed by atoms with Crippen LogP contribution < -0.4 is 4.74 Å². The molecule has 0 unspecified atom stereocenters. The van der Waals surface area contributed by atoms with Crippen molar-refractivity contribution in [2.75, 3.05) is 6.61 Å². The highest BCUT2D eigenvalue weighted by Gasteiger charge is 2.07. The lowest BCUT2D eigenvalue weighted by atomic mass is 10.2. The Morgan fingerprint density at radius 2 is 2.06 bits per heavy atom. The number of nitrogens with zero attached hydrogens (tertiary/aromatic N) is 3. The van der Waals surface area contributed by atoms with Crippen LogP contribution in [0.4, 0.5) is 0 Å². The van der Waals surface area contributed by atoms with Crippen molar-refractivity contribution in [3.63, 3.8) is 0 Å². The lowest BCUT2D eigenvalue weighted by Crippen LogP contribution is -1.90.